The molecule has 0 spiro atoms. The standard InChI is InChI=1S/C9H4BrF3N2O5/c10-4-1-3(7(16)17)2-5(15(19)20)6(4)14-8(18)9(11,12)13/h1-2H,(H,14,18)(H,16,17). The van der Waals surface area contributed by atoms with Gasteiger partial charge in [-0.3, -0.25) is 14.9 Å². The van der Waals surface area contributed by atoms with Gasteiger partial charge in [0.25, 0.3) is 5.69 Å². The topological polar surface area (TPSA) is 110 Å². The van der Waals surface area contributed by atoms with Crippen LogP contribution in [-0.2, 0) is 4.79 Å². The minimum absolute atomic E-state index is 0.360. The number of hydrogen-bond donors (Lipinski definition) is 2. The predicted molar refractivity (Wildman–Crippen MR) is 62.4 cm³/mol. The summed E-state index contributed by atoms with van der Waals surface area (Å²) < 4.78 is 36.0. The Kier molecular flexibility index (Phi) is 4.33. The molecule has 1 rings (SSSR count). The number of carboxylic acid groups (broad SMARTS) is 1. The van der Waals surface area contributed by atoms with E-state index in [2.05, 4.69) is 15.9 Å². The third-order valence-electron chi connectivity index (χ3n) is 2.01. The van der Waals surface area contributed by atoms with Crippen LogP contribution in [0.1, 0.15) is 10.4 Å². The Balaban J connectivity index is 3.36. The Labute approximate surface area is 116 Å². The molecule has 0 aliphatic heterocycles. The highest BCUT2D eigenvalue weighted by Crippen LogP contribution is 2.35. The zero-order valence-electron chi connectivity index (χ0n) is 9.19. The number of alkyl halides is 3. The monoisotopic (exact) mass is 356 g/mol. The number of benzene rings is 1. The molecule has 0 unspecified atom stereocenters. The van der Waals surface area contributed by atoms with Gasteiger partial charge in [-0.1, -0.05) is 0 Å². The van der Waals surface area contributed by atoms with Crippen molar-refractivity contribution in [3.05, 3.63) is 32.3 Å². The maximum Gasteiger partial charge on any atom is 0.471 e. The summed E-state index contributed by atoms with van der Waals surface area (Å²) in [5.41, 5.74) is -2.27. The van der Waals surface area contributed by atoms with Crippen molar-refractivity contribution in [2.45, 2.75) is 6.18 Å². The van der Waals surface area contributed by atoms with E-state index in [4.69, 9.17) is 5.11 Å². The number of nitrogens with zero attached hydrogens (tertiary/aromatic N) is 1. The van der Waals surface area contributed by atoms with Crippen LogP contribution in [0.15, 0.2) is 16.6 Å². The van der Waals surface area contributed by atoms with Gasteiger partial charge in [-0.05, 0) is 22.0 Å². The Morgan fingerprint density at radius 2 is 1.90 bits per heavy atom. The van der Waals surface area contributed by atoms with Crippen LogP contribution in [0.4, 0.5) is 24.5 Å². The number of hydrogen-bond acceptors (Lipinski definition) is 4. The summed E-state index contributed by atoms with van der Waals surface area (Å²) in [5, 5.41) is 20.8. The van der Waals surface area contributed by atoms with Crippen molar-refractivity contribution in [2.24, 2.45) is 0 Å². The molecule has 0 bridgehead atoms. The molecular weight excluding hydrogens is 353 g/mol. The molecular formula is C9H4BrF3N2O5. The molecule has 0 atom stereocenters. The second-order valence-electron chi connectivity index (χ2n) is 3.37. The summed E-state index contributed by atoms with van der Waals surface area (Å²) in [6.07, 6.45) is -5.24. The largest absolute Gasteiger partial charge is 0.478 e. The van der Waals surface area contributed by atoms with Crippen LogP contribution in [0.25, 0.3) is 0 Å². The van der Waals surface area contributed by atoms with Crippen molar-refractivity contribution in [1.82, 2.24) is 0 Å². The normalized spacial score (nSPS) is 11.0. The van der Waals surface area contributed by atoms with Gasteiger partial charge in [0, 0.05) is 10.5 Å². The molecule has 2 N–H and O–H groups in total. The quantitative estimate of drug-likeness (QED) is 0.638. The first kappa shape index (κ1) is 15.9. The molecule has 0 aromatic heterocycles. The number of anilines is 1. The molecule has 7 nitrogen and oxygen atoms in total. The van der Waals surface area contributed by atoms with E-state index in [-0.39, 0.29) is 4.47 Å². The van der Waals surface area contributed by atoms with Crippen molar-refractivity contribution in [1.29, 1.82) is 0 Å². The third kappa shape index (κ3) is 3.44. The first-order chi connectivity index (χ1) is 9.04. The van der Waals surface area contributed by atoms with Gasteiger partial charge >= 0.3 is 18.1 Å². The lowest BCUT2D eigenvalue weighted by atomic mass is 10.1. The van der Waals surface area contributed by atoms with E-state index >= 15 is 0 Å². The predicted octanol–water partition coefficient (Wildman–Crippen LogP) is 2.56. The van der Waals surface area contributed by atoms with Crippen LogP contribution in [-0.4, -0.2) is 28.1 Å². The summed E-state index contributed by atoms with van der Waals surface area (Å²) in [6, 6.07) is 1.38. The first-order valence-corrected chi connectivity index (χ1v) is 5.42. The van der Waals surface area contributed by atoms with Crippen LogP contribution >= 0.6 is 15.9 Å². The number of carbonyl (C=O) groups excluding carboxylic acids is 1. The van der Waals surface area contributed by atoms with Crippen molar-refractivity contribution in [3.63, 3.8) is 0 Å². The number of carbonyl (C=O) groups is 2. The average Bonchev–Trinajstić information content (AvgIpc) is 2.29. The number of amides is 1. The summed E-state index contributed by atoms with van der Waals surface area (Å²) in [6.45, 7) is 0. The lowest BCUT2D eigenvalue weighted by molar-refractivity contribution is -0.384. The van der Waals surface area contributed by atoms with E-state index < -0.39 is 39.9 Å². The second kappa shape index (κ2) is 5.45. The zero-order chi connectivity index (χ0) is 15.7. The SMILES string of the molecule is O=C(O)c1cc(Br)c(NC(=O)C(F)(F)F)c([N+](=O)[O-])c1. The minimum Gasteiger partial charge on any atom is -0.478 e. The fourth-order valence-corrected chi connectivity index (χ4v) is 1.72. The molecule has 1 amide bonds. The summed E-state index contributed by atoms with van der Waals surface area (Å²) in [5.74, 6) is -3.92. The molecule has 11 heteroatoms. The minimum atomic E-state index is -5.24. The Bertz CT molecular complexity index is 602. The van der Waals surface area contributed by atoms with Gasteiger partial charge in [-0.25, -0.2) is 4.79 Å². The van der Waals surface area contributed by atoms with Gasteiger partial charge in [-0.2, -0.15) is 13.2 Å². The number of carboxylic acids is 1. The van der Waals surface area contributed by atoms with Crippen LogP contribution in [0.5, 0.6) is 0 Å². The maximum absolute atomic E-state index is 12.1. The third-order valence-corrected chi connectivity index (χ3v) is 2.63. The number of nitro groups is 1. The van der Waals surface area contributed by atoms with Crippen LogP contribution in [0.2, 0.25) is 0 Å². The summed E-state index contributed by atoms with van der Waals surface area (Å²) in [4.78, 5) is 31.1. The van der Waals surface area contributed by atoms with Crippen LogP contribution in [0, 0.1) is 10.1 Å². The van der Waals surface area contributed by atoms with Crippen LogP contribution < -0.4 is 5.32 Å². The molecule has 0 saturated heterocycles. The lowest BCUT2D eigenvalue weighted by Crippen LogP contribution is -2.30. The molecule has 20 heavy (non-hydrogen) atoms. The number of rotatable bonds is 3. The highest BCUT2D eigenvalue weighted by molar-refractivity contribution is 9.10. The molecule has 0 saturated carbocycles. The van der Waals surface area contributed by atoms with Crippen molar-refractivity contribution in [3.8, 4) is 0 Å². The van der Waals surface area contributed by atoms with Gasteiger partial charge in [0.1, 0.15) is 5.69 Å². The van der Waals surface area contributed by atoms with Crippen molar-refractivity contribution in [2.75, 3.05) is 5.32 Å². The van der Waals surface area contributed by atoms with Crippen molar-refractivity contribution < 1.29 is 32.8 Å². The van der Waals surface area contributed by atoms with Gasteiger partial charge in [0.2, 0.25) is 0 Å². The molecule has 0 heterocycles. The molecule has 1 aromatic carbocycles. The van der Waals surface area contributed by atoms with E-state index in [1.807, 2.05) is 0 Å². The highest BCUT2D eigenvalue weighted by atomic mass is 79.9. The summed E-state index contributed by atoms with van der Waals surface area (Å²) >= 11 is 2.68. The number of nitro benzene ring substituents is 1. The van der Waals surface area contributed by atoms with Gasteiger partial charge in [-0.15, -0.1) is 0 Å². The van der Waals surface area contributed by atoms with Crippen molar-refractivity contribution >= 4 is 39.2 Å². The summed E-state index contributed by atoms with van der Waals surface area (Å²) in [7, 11) is 0. The maximum atomic E-state index is 12.1. The van der Waals surface area contributed by atoms with E-state index in [0.717, 1.165) is 6.07 Å². The zero-order valence-corrected chi connectivity index (χ0v) is 10.8. The fourth-order valence-electron chi connectivity index (χ4n) is 1.17. The number of nitrogens with one attached hydrogen (secondary N) is 1. The number of halogens is 4. The lowest BCUT2D eigenvalue weighted by Gasteiger charge is -2.10. The van der Waals surface area contributed by atoms with Gasteiger partial charge in [0.05, 0.1) is 10.5 Å². The number of aromatic carboxylic acids is 1. The van der Waals surface area contributed by atoms with E-state index in [0.29, 0.717) is 6.07 Å². The highest BCUT2D eigenvalue weighted by Gasteiger charge is 2.40. The first-order valence-electron chi connectivity index (χ1n) is 4.63. The smallest absolute Gasteiger partial charge is 0.471 e. The molecule has 1 aromatic rings. The van der Waals surface area contributed by atoms with E-state index in [9.17, 15) is 32.9 Å². The molecule has 0 radical (unpaired) electrons. The van der Waals surface area contributed by atoms with Gasteiger partial charge in [0.15, 0.2) is 0 Å². The Morgan fingerprint density at radius 1 is 1.35 bits per heavy atom. The average molecular weight is 357 g/mol. The second-order valence-corrected chi connectivity index (χ2v) is 4.22. The van der Waals surface area contributed by atoms with Crippen LogP contribution in [0.3, 0.4) is 0 Å². The molecule has 108 valence electrons. The van der Waals surface area contributed by atoms with Gasteiger partial charge < -0.3 is 10.4 Å². The molecule has 0 aliphatic carbocycles. The molecule has 0 fully saturated rings. The Hall–Kier alpha value is -2.17. The molecule has 0 aliphatic rings. The fraction of sp³-hybridized carbons (Fsp3) is 0.111. The van der Waals surface area contributed by atoms with E-state index in [1.165, 1.54) is 5.32 Å². The Morgan fingerprint density at radius 3 is 2.30 bits per heavy atom. The van der Waals surface area contributed by atoms with E-state index in [1.54, 1.807) is 0 Å².